The molecule has 2 aromatic rings. The Morgan fingerprint density at radius 3 is 2.42 bits per heavy atom. The minimum Gasteiger partial charge on any atom is -0.306 e. The zero-order valence-corrected chi connectivity index (χ0v) is 12.7. The van der Waals surface area contributed by atoms with Crippen LogP contribution in [0.4, 0.5) is 4.39 Å². The summed E-state index contributed by atoms with van der Waals surface area (Å²) in [7, 11) is 0. The molecule has 0 aliphatic carbocycles. The van der Waals surface area contributed by atoms with E-state index in [2.05, 4.69) is 38.2 Å². The molecule has 0 radical (unpaired) electrons. The van der Waals surface area contributed by atoms with Crippen molar-refractivity contribution in [3.8, 4) is 0 Å². The van der Waals surface area contributed by atoms with Crippen molar-refractivity contribution >= 4 is 11.3 Å². The van der Waals surface area contributed by atoms with Gasteiger partial charge in [0.15, 0.2) is 0 Å². The average molecular weight is 277 g/mol. The van der Waals surface area contributed by atoms with E-state index < -0.39 is 0 Å². The lowest BCUT2D eigenvalue weighted by molar-refractivity contribution is 0.605. The van der Waals surface area contributed by atoms with Crippen LogP contribution in [-0.4, -0.2) is 6.54 Å². The van der Waals surface area contributed by atoms with E-state index in [1.807, 2.05) is 6.92 Å². The number of hydrogen-bond donors (Lipinski definition) is 1. The van der Waals surface area contributed by atoms with Crippen molar-refractivity contribution < 1.29 is 4.39 Å². The second kappa shape index (κ2) is 5.85. The minimum absolute atomic E-state index is 0.0804. The van der Waals surface area contributed by atoms with Crippen LogP contribution in [0.3, 0.4) is 0 Å². The molecular weight excluding hydrogens is 257 g/mol. The van der Waals surface area contributed by atoms with Crippen LogP contribution in [0.2, 0.25) is 0 Å². The van der Waals surface area contributed by atoms with E-state index in [4.69, 9.17) is 0 Å². The van der Waals surface area contributed by atoms with Crippen molar-refractivity contribution in [2.24, 2.45) is 0 Å². The van der Waals surface area contributed by atoms with Crippen LogP contribution in [0, 0.1) is 26.6 Å². The summed E-state index contributed by atoms with van der Waals surface area (Å²) in [4.78, 5) is 2.58. The highest BCUT2D eigenvalue weighted by molar-refractivity contribution is 7.12. The third-order valence-corrected chi connectivity index (χ3v) is 4.49. The Labute approximate surface area is 118 Å². The number of hydrogen-bond acceptors (Lipinski definition) is 2. The van der Waals surface area contributed by atoms with Crippen LogP contribution in [0.15, 0.2) is 24.3 Å². The molecule has 0 saturated carbocycles. The number of halogens is 1. The van der Waals surface area contributed by atoms with E-state index >= 15 is 0 Å². The van der Waals surface area contributed by atoms with Crippen molar-refractivity contribution in [1.29, 1.82) is 0 Å². The maximum absolute atomic E-state index is 13.6. The van der Waals surface area contributed by atoms with Gasteiger partial charge in [-0.3, -0.25) is 0 Å². The third-order valence-electron chi connectivity index (χ3n) is 3.28. The second-order valence-electron chi connectivity index (χ2n) is 4.94. The predicted octanol–water partition coefficient (Wildman–Crippen LogP) is 4.51. The maximum atomic E-state index is 13.6. The van der Waals surface area contributed by atoms with Crippen LogP contribution in [0.5, 0.6) is 0 Å². The van der Waals surface area contributed by atoms with E-state index in [0.717, 1.165) is 17.7 Å². The molecule has 1 nitrogen and oxygen atoms in total. The molecule has 1 aromatic carbocycles. The van der Waals surface area contributed by atoms with E-state index in [1.54, 1.807) is 23.5 Å². The van der Waals surface area contributed by atoms with Crippen LogP contribution < -0.4 is 5.32 Å². The van der Waals surface area contributed by atoms with Gasteiger partial charge in [-0.15, -0.1) is 11.3 Å². The van der Waals surface area contributed by atoms with E-state index in [1.165, 1.54) is 15.3 Å². The molecule has 1 aromatic heterocycles. The molecule has 0 amide bonds. The molecule has 0 aliphatic heterocycles. The molecule has 3 heteroatoms. The lowest BCUT2D eigenvalue weighted by Gasteiger charge is -2.17. The first-order chi connectivity index (χ1) is 9.01. The lowest BCUT2D eigenvalue weighted by atomic mass is 10.0. The highest BCUT2D eigenvalue weighted by Crippen LogP contribution is 2.31. The molecule has 19 heavy (non-hydrogen) atoms. The molecule has 0 bridgehead atoms. The standard InChI is InChI=1S/C16H20FNS/c1-5-18-16(15-8-11(3)12(4)19-15)13-6-10(2)7-14(17)9-13/h6-9,16,18H,5H2,1-4H3. The summed E-state index contributed by atoms with van der Waals surface area (Å²) in [6.45, 7) is 9.11. The van der Waals surface area contributed by atoms with Crippen molar-refractivity contribution in [2.75, 3.05) is 6.54 Å². The fourth-order valence-corrected chi connectivity index (χ4v) is 3.41. The van der Waals surface area contributed by atoms with E-state index in [0.29, 0.717) is 0 Å². The highest BCUT2D eigenvalue weighted by atomic mass is 32.1. The fraction of sp³-hybridized carbons (Fsp3) is 0.375. The van der Waals surface area contributed by atoms with Gasteiger partial charge in [-0.2, -0.15) is 0 Å². The molecule has 1 heterocycles. The summed E-state index contributed by atoms with van der Waals surface area (Å²) in [5.41, 5.74) is 3.26. The molecule has 1 atom stereocenters. The smallest absolute Gasteiger partial charge is 0.123 e. The van der Waals surface area contributed by atoms with Crippen LogP contribution in [0.25, 0.3) is 0 Å². The summed E-state index contributed by atoms with van der Waals surface area (Å²) < 4.78 is 13.6. The molecule has 0 spiro atoms. The van der Waals surface area contributed by atoms with Gasteiger partial charge < -0.3 is 5.32 Å². The Morgan fingerprint density at radius 1 is 1.16 bits per heavy atom. The summed E-state index contributed by atoms with van der Waals surface area (Å²) >= 11 is 1.78. The Kier molecular flexibility index (Phi) is 4.38. The zero-order chi connectivity index (χ0) is 14.0. The number of rotatable bonds is 4. The highest BCUT2D eigenvalue weighted by Gasteiger charge is 2.17. The van der Waals surface area contributed by atoms with Crippen molar-refractivity contribution in [3.63, 3.8) is 0 Å². The molecule has 0 aliphatic rings. The molecule has 1 N–H and O–H groups in total. The van der Waals surface area contributed by atoms with Crippen LogP contribution >= 0.6 is 11.3 Å². The molecule has 102 valence electrons. The average Bonchev–Trinajstić information content (AvgIpc) is 2.65. The maximum Gasteiger partial charge on any atom is 0.123 e. The predicted molar refractivity (Wildman–Crippen MR) is 80.4 cm³/mol. The Balaban J connectivity index is 2.44. The minimum atomic E-state index is -0.164. The van der Waals surface area contributed by atoms with Gasteiger partial charge in [0.1, 0.15) is 5.82 Å². The van der Waals surface area contributed by atoms with Crippen molar-refractivity contribution in [2.45, 2.75) is 33.7 Å². The van der Waals surface area contributed by atoms with Gasteiger partial charge in [-0.25, -0.2) is 4.39 Å². The van der Waals surface area contributed by atoms with Gasteiger partial charge in [0.25, 0.3) is 0 Å². The number of benzene rings is 1. The molecule has 2 rings (SSSR count). The van der Waals surface area contributed by atoms with Gasteiger partial charge in [-0.05, 0) is 62.2 Å². The number of nitrogens with one attached hydrogen (secondary N) is 1. The summed E-state index contributed by atoms with van der Waals surface area (Å²) in [5, 5.41) is 3.45. The Morgan fingerprint density at radius 2 is 1.89 bits per heavy atom. The van der Waals surface area contributed by atoms with E-state index in [9.17, 15) is 4.39 Å². The Bertz CT molecular complexity index is 534. The summed E-state index contributed by atoms with van der Waals surface area (Å²) in [6, 6.07) is 7.54. The number of aryl methyl sites for hydroxylation is 3. The van der Waals surface area contributed by atoms with Gasteiger partial charge in [0.05, 0.1) is 6.04 Å². The van der Waals surface area contributed by atoms with Gasteiger partial charge in [0, 0.05) is 9.75 Å². The topological polar surface area (TPSA) is 12.0 Å². The number of thiophene rings is 1. The first kappa shape index (κ1) is 14.2. The quantitative estimate of drug-likeness (QED) is 0.867. The fourth-order valence-electron chi connectivity index (χ4n) is 2.26. The second-order valence-corrected chi connectivity index (χ2v) is 6.23. The first-order valence-electron chi connectivity index (χ1n) is 6.58. The van der Waals surface area contributed by atoms with Crippen LogP contribution in [-0.2, 0) is 0 Å². The third kappa shape index (κ3) is 3.23. The lowest BCUT2D eigenvalue weighted by Crippen LogP contribution is -2.21. The van der Waals surface area contributed by atoms with Gasteiger partial charge >= 0.3 is 0 Å². The molecule has 1 unspecified atom stereocenters. The van der Waals surface area contributed by atoms with Gasteiger partial charge in [-0.1, -0.05) is 13.0 Å². The molecule has 0 fully saturated rings. The van der Waals surface area contributed by atoms with Gasteiger partial charge in [0.2, 0.25) is 0 Å². The van der Waals surface area contributed by atoms with Crippen molar-refractivity contribution in [3.05, 3.63) is 56.5 Å². The van der Waals surface area contributed by atoms with Crippen molar-refractivity contribution in [1.82, 2.24) is 5.32 Å². The first-order valence-corrected chi connectivity index (χ1v) is 7.40. The largest absolute Gasteiger partial charge is 0.306 e. The normalized spacial score (nSPS) is 12.7. The zero-order valence-electron chi connectivity index (χ0n) is 11.9. The summed E-state index contributed by atoms with van der Waals surface area (Å²) in [5.74, 6) is -0.164. The van der Waals surface area contributed by atoms with Crippen LogP contribution in [0.1, 0.15) is 39.4 Å². The monoisotopic (exact) mass is 277 g/mol. The Hall–Kier alpha value is -1.19. The molecule has 0 saturated heterocycles. The SMILES string of the molecule is CCNC(c1cc(C)cc(F)c1)c1cc(C)c(C)s1. The molecular formula is C16H20FNS. The van der Waals surface area contributed by atoms with E-state index in [-0.39, 0.29) is 11.9 Å². The summed E-state index contributed by atoms with van der Waals surface area (Å²) in [6.07, 6.45) is 0.